The minimum atomic E-state index is -0.511. The maximum absolute atomic E-state index is 13.3. The molecule has 1 N–H and O–H groups in total. The standard InChI is InChI=1S/C12H16F2N2.2ClH/c13-11-2-1-10(12(14)9-11)3-6-16-7-4-15-5-8-16;;/h1-2,9,15H,3-8H2;2*1H. The Kier molecular flexibility index (Phi) is 8.44. The summed E-state index contributed by atoms with van der Waals surface area (Å²) in [4.78, 5) is 2.29. The molecule has 0 unspecified atom stereocenters. The smallest absolute Gasteiger partial charge is 0.129 e. The molecule has 2 nitrogen and oxygen atoms in total. The summed E-state index contributed by atoms with van der Waals surface area (Å²) in [7, 11) is 0. The summed E-state index contributed by atoms with van der Waals surface area (Å²) >= 11 is 0. The van der Waals surface area contributed by atoms with Crippen LogP contribution >= 0.6 is 24.8 Å². The minimum absolute atomic E-state index is 0. The van der Waals surface area contributed by atoms with Crippen LogP contribution in [0.3, 0.4) is 0 Å². The zero-order chi connectivity index (χ0) is 11.4. The molecule has 6 heteroatoms. The second-order valence-electron chi connectivity index (χ2n) is 4.08. The number of rotatable bonds is 3. The van der Waals surface area contributed by atoms with Crippen LogP contribution < -0.4 is 5.32 Å². The van der Waals surface area contributed by atoms with Crippen LogP contribution in [0.4, 0.5) is 8.78 Å². The number of nitrogens with zero attached hydrogens (tertiary/aromatic N) is 1. The van der Waals surface area contributed by atoms with Crippen LogP contribution in [0.15, 0.2) is 18.2 Å². The van der Waals surface area contributed by atoms with Crippen molar-refractivity contribution in [2.24, 2.45) is 0 Å². The van der Waals surface area contributed by atoms with Gasteiger partial charge in [-0.1, -0.05) is 6.07 Å². The fraction of sp³-hybridized carbons (Fsp3) is 0.500. The van der Waals surface area contributed by atoms with E-state index in [-0.39, 0.29) is 24.8 Å². The van der Waals surface area contributed by atoms with Crippen molar-refractivity contribution in [1.82, 2.24) is 10.2 Å². The van der Waals surface area contributed by atoms with Crippen LogP contribution in [0.2, 0.25) is 0 Å². The lowest BCUT2D eigenvalue weighted by molar-refractivity contribution is 0.243. The third-order valence-corrected chi connectivity index (χ3v) is 2.92. The molecule has 104 valence electrons. The monoisotopic (exact) mass is 298 g/mol. The van der Waals surface area contributed by atoms with E-state index in [9.17, 15) is 8.78 Å². The number of hydrogen-bond donors (Lipinski definition) is 1. The zero-order valence-corrected chi connectivity index (χ0v) is 11.6. The highest BCUT2D eigenvalue weighted by molar-refractivity contribution is 5.85. The normalized spacial score (nSPS) is 15.7. The second kappa shape index (κ2) is 8.64. The topological polar surface area (TPSA) is 15.3 Å². The van der Waals surface area contributed by atoms with Gasteiger partial charge in [0.25, 0.3) is 0 Å². The van der Waals surface area contributed by atoms with Crippen molar-refractivity contribution in [2.75, 3.05) is 32.7 Å². The average molecular weight is 299 g/mol. The molecule has 0 aromatic heterocycles. The highest BCUT2D eigenvalue weighted by Crippen LogP contribution is 2.10. The SMILES string of the molecule is Cl.Cl.Fc1ccc(CCN2CCNCC2)c(F)c1. The first kappa shape index (κ1) is 17.6. The van der Waals surface area contributed by atoms with Crippen molar-refractivity contribution in [3.63, 3.8) is 0 Å². The van der Waals surface area contributed by atoms with Crippen molar-refractivity contribution >= 4 is 24.8 Å². The lowest BCUT2D eigenvalue weighted by atomic mass is 10.1. The number of halogens is 4. The van der Waals surface area contributed by atoms with Crippen LogP contribution in [0.1, 0.15) is 5.56 Å². The van der Waals surface area contributed by atoms with E-state index < -0.39 is 11.6 Å². The Balaban J connectivity index is 0.00000144. The number of nitrogens with one attached hydrogen (secondary N) is 1. The Bertz CT molecular complexity index is 358. The summed E-state index contributed by atoms with van der Waals surface area (Å²) < 4.78 is 26.0. The lowest BCUT2D eigenvalue weighted by Gasteiger charge is -2.27. The van der Waals surface area contributed by atoms with Gasteiger partial charge in [0, 0.05) is 38.8 Å². The summed E-state index contributed by atoms with van der Waals surface area (Å²) in [6.07, 6.45) is 0.645. The molecule has 0 radical (unpaired) electrons. The van der Waals surface area contributed by atoms with Gasteiger partial charge in [-0.25, -0.2) is 8.78 Å². The van der Waals surface area contributed by atoms with Crippen LogP contribution in [0.5, 0.6) is 0 Å². The fourth-order valence-electron chi connectivity index (χ4n) is 1.94. The molecule has 1 aromatic carbocycles. The van der Waals surface area contributed by atoms with Crippen molar-refractivity contribution in [3.05, 3.63) is 35.4 Å². The highest BCUT2D eigenvalue weighted by Gasteiger charge is 2.10. The van der Waals surface area contributed by atoms with E-state index in [2.05, 4.69) is 10.2 Å². The predicted octanol–water partition coefficient (Wildman–Crippen LogP) is 2.26. The molecule has 0 saturated carbocycles. The maximum atomic E-state index is 13.3. The lowest BCUT2D eigenvalue weighted by Crippen LogP contribution is -2.44. The van der Waals surface area contributed by atoms with E-state index in [0.29, 0.717) is 12.0 Å². The van der Waals surface area contributed by atoms with E-state index in [1.165, 1.54) is 12.1 Å². The third kappa shape index (κ3) is 5.06. The molecule has 2 rings (SSSR count). The molecule has 0 aliphatic carbocycles. The van der Waals surface area contributed by atoms with Gasteiger partial charge in [0.15, 0.2) is 0 Å². The molecule has 1 aliphatic heterocycles. The largest absolute Gasteiger partial charge is 0.314 e. The summed E-state index contributed by atoms with van der Waals surface area (Å²) in [6.45, 7) is 4.83. The Hall–Kier alpha value is -0.420. The van der Waals surface area contributed by atoms with Gasteiger partial charge < -0.3 is 10.2 Å². The minimum Gasteiger partial charge on any atom is -0.314 e. The average Bonchev–Trinajstić information content (AvgIpc) is 2.29. The third-order valence-electron chi connectivity index (χ3n) is 2.92. The van der Waals surface area contributed by atoms with E-state index in [1.807, 2.05) is 0 Å². The fourth-order valence-corrected chi connectivity index (χ4v) is 1.94. The Morgan fingerprint density at radius 1 is 1.11 bits per heavy atom. The maximum Gasteiger partial charge on any atom is 0.129 e. The van der Waals surface area contributed by atoms with Crippen molar-refractivity contribution in [3.8, 4) is 0 Å². The van der Waals surface area contributed by atoms with Crippen LogP contribution in [-0.4, -0.2) is 37.6 Å². The summed E-state index contributed by atoms with van der Waals surface area (Å²) in [5.74, 6) is -0.946. The second-order valence-corrected chi connectivity index (χ2v) is 4.08. The predicted molar refractivity (Wildman–Crippen MR) is 73.9 cm³/mol. The van der Waals surface area contributed by atoms with Crippen LogP contribution in [-0.2, 0) is 6.42 Å². The molecule has 1 saturated heterocycles. The van der Waals surface area contributed by atoms with Gasteiger partial charge in [-0.3, -0.25) is 0 Å². The van der Waals surface area contributed by atoms with E-state index >= 15 is 0 Å². The molecule has 0 bridgehead atoms. The van der Waals surface area contributed by atoms with Crippen LogP contribution in [0, 0.1) is 11.6 Å². The Morgan fingerprint density at radius 2 is 1.78 bits per heavy atom. The molecule has 1 aromatic rings. The van der Waals surface area contributed by atoms with E-state index in [4.69, 9.17) is 0 Å². The molecule has 0 atom stereocenters. The molecule has 0 amide bonds. The molecule has 0 spiro atoms. The summed E-state index contributed by atoms with van der Waals surface area (Å²) in [6, 6.07) is 3.80. The van der Waals surface area contributed by atoms with Crippen LogP contribution in [0.25, 0.3) is 0 Å². The number of piperazine rings is 1. The van der Waals surface area contributed by atoms with Crippen molar-refractivity contribution in [1.29, 1.82) is 0 Å². The molecule has 18 heavy (non-hydrogen) atoms. The number of benzene rings is 1. The van der Waals surface area contributed by atoms with Gasteiger partial charge in [0.1, 0.15) is 11.6 Å². The van der Waals surface area contributed by atoms with E-state index in [0.717, 1.165) is 38.8 Å². The van der Waals surface area contributed by atoms with Crippen molar-refractivity contribution in [2.45, 2.75) is 6.42 Å². The van der Waals surface area contributed by atoms with Gasteiger partial charge in [-0.2, -0.15) is 0 Å². The summed E-state index contributed by atoms with van der Waals surface area (Å²) in [5.41, 5.74) is 0.597. The first-order chi connectivity index (χ1) is 7.75. The molecular formula is C12H18Cl2F2N2. The van der Waals surface area contributed by atoms with Gasteiger partial charge >= 0.3 is 0 Å². The quantitative estimate of drug-likeness (QED) is 0.921. The van der Waals surface area contributed by atoms with Gasteiger partial charge in [-0.05, 0) is 18.1 Å². The van der Waals surface area contributed by atoms with E-state index in [1.54, 1.807) is 0 Å². The Labute approximate surface area is 119 Å². The molecule has 1 fully saturated rings. The first-order valence-electron chi connectivity index (χ1n) is 5.63. The van der Waals surface area contributed by atoms with Gasteiger partial charge in [0.2, 0.25) is 0 Å². The highest BCUT2D eigenvalue weighted by atomic mass is 35.5. The van der Waals surface area contributed by atoms with Gasteiger partial charge in [0.05, 0.1) is 0 Å². The van der Waals surface area contributed by atoms with Crippen molar-refractivity contribution < 1.29 is 8.78 Å². The summed E-state index contributed by atoms with van der Waals surface area (Å²) in [5, 5.41) is 3.27. The molecule has 1 aliphatic rings. The molecular weight excluding hydrogens is 281 g/mol. The Morgan fingerprint density at radius 3 is 2.39 bits per heavy atom. The van der Waals surface area contributed by atoms with Gasteiger partial charge in [-0.15, -0.1) is 24.8 Å². The first-order valence-corrected chi connectivity index (χ1v) is 5.63. The zero-order valence-electron chi connectivity index (χ0n) is 9.99. The molecule has 1 heterocycles. The number of hydrogen-bond acceptors (Lipinski definition) is 2.